The van der Waals surface area contributed by atoms with E-state index in [-0.39, 0.29) is 17.7 Å². The first kappa shape index (κ1) is 20.5. The number of rotatable bonds is 6. The molecule has 0 spiro atoms. The van der Waals surface area contributed by atoms with Crippen LogP contribution in [0.2, 0.25) is 0 Å². The van der Waals surface area contributed by atoms with Crippen LogP contribution in [0.4, 0.5) is 5.82 Å². The first-order valence-electron chi connectivity index (χ1n) is 11.1. The number of carbonyl (C=O) groups is 2. The van der Waals surface area contributed by atoms with Crippen LogP contribution in [0.15, 0.2) is 30.3 Å². The molecule has 1 unspecified atom stereocenters. The van der Waals surface area contributed by atoms with Crippen molar-refractivity contribution in [1.82, 2.24) is 14.9 Å². The molecule has 6 heteroatoms. The van der Waals surface area contributed by atoms with Crippen LogP contribution in [0.25, 0.3) is 0 Å². The molecule has 1 saturated heterocycles. The van der Waals surface area contributed by atoms with Gasteiger partial charge in [-0.25, -0.2) is 9.97 Å². The Morgan fingerprint density at radius 1 is 1.20 bits per heavy atom. The van der Waals surface area contributed by atoms with Gasteiger partial charge in [0.05, 0.1) is 6.42 Å². The summed E-state index contributed by atoms with van der Waals surface area (Å²) in [5.41, 5.74) is 3.14. The molecule has 1 fully saturated rings. The third-order valence-electron chi connectivity index (χ3n) is 6.23. The Labute approximate surface area is 178 Å². The summed E-state index contributed by atoms with van der Waals surface area (Å²) in [5, 5.41) is 0. The fourth-order valence-electron chi connectivity index (χ4n) is 4.53. The highest BCUT2D eigenvalue weighted by Crippen LogP contribution is 2.33. The lowest BCUT2D eigenvalue weighted by atomic mass is 9.96. The van der Waals surface area contributed by atoms with Gasteiger partial charge in [-0.05, 0) is 38.2 Å². The maximum absolute atomic E-state index is 12.7. The molecule has 2 aliphatic rings. The van der Waals surface area contributed by atoms with Crippen LogP contribution in [0, 0.1) is 6.92 Å². The SMILES string of the molecule is CCC(=O)N1CCCC(c2nc(C)c3c(n2)N(CCCc2ccccc2)C(=O)C3)C1. The molecule has 158 valence electrons. The number of aromatic nitrogens is 2. The van der Waals surface area contributed by atoms with E-state index in [4.69, 9.17) is 9.97 Å². The summed E-state index contributed by atoms with van der Waals surface area (Å²) in [7, 11) is 0. The highest BCUT2D eigenvalue weighted by atomic mass is 16.2. The van der Waals surface area contributed by atoms with E-state index in [1.807, 2.05) is 41.8 Å². The lowest BCUT2D eigenvalue weighted by molar-refractivity contribution is -0.132. The monoisotopic (exact) mass is 406 g/mol. The van der Waals surface area contributed by atoms with E-state index in [2.05, 4.69) is 12.1 Å². The Kier molecular flexibility index (Phi) is 6.11. The van der Waals surface area contributed by atoms with E-state index in [1.54, 1.807) is 0 Å². The molecule has 3 heterocycles. The summed E-state index contributed by atoms with van der Waals surface area (Å²) < 4.78 is 0. The minimum Gasteiger partial charge on any atom is -0.342 e. The van der Waals surface area contributed by atoms with Crippen molar-refractivity contribution in [2.75, 3.05) is 24.5 Å². The molecule has 0 N–H and O–H groups in total. The van der Waals surface area contributed by atoms with Crippen LogP contribution in [0.5, 0.6) is 0 Å². The molecule has 0 aliphatic carbocycles. The van der Waals surface area contributed by atoms with E-state index < -0.39 is 0 Å². The predicted molar refractivity (Wildman–Crippen MR) is 116 cm³/mol. The van der Waals surface area contributed by atoms with Crippen molar-refractivity contribution >= 4 is 17.6 Å². The average molecular weight is 407 g/mol. The van der Waals surface area contributed by atoms with Gasteiger partial charge >= 0.3 is 0 Å². The number of benzene rings is 1. The van der Waals surface area contributed by atoms with Gasteiger partial charge in [0.2, 0.25) is 11.8 Å². The first-order valence-corrected chi connectivity index (χ1v) is 11.1. The summed E-state index contributed by atoms with van der Waals surface area (Å²) in [6.45, 7) is 6.04. The Morgan fingerprint density at radius 3 is 2.77 bits per heavy atom. The van der Waals surface area contributed by atoms with E-state index in [0.717, 1.165) is 55.1 Å². The number of amides is 2. The average Bonchev–Trinajstić information content (AvgIpc) is 3.10. The third kappa shape index (κ3) is 4.23. The van der Waals surface area contributed by atoms with Gasteiger partial charge in [-0.3, -0.25) is 14.5 Å². The van der Waals surface area contributed by atoms with Crippen LogP contribution < -0.4 is 4.90 Å². The summed E-state index contributed by atoms with van der Waals surface area (Å²) in [5.74, 6) is 2.01. The van der Waals surface area contributed by atoms with Crippen molar-refractivity contribution in [3.8, 4) is 0 Å². The minimum atomic E-state index is 0.110. The Morgan fingerprint density at radius 2 is 2.00 bits per heavy atom. The van der Waals surface area contributed by atoms with Crippen molar-refractivity contribution in [3.05, 3.63) is 53.0 Å². The summed E-state index contributed by atoms with van der Waals surface area (Å²) in [4.78, 5) is 38.3. The number of fused-ring (bicyclic) bond motifs is 1. The van der Waals surface area contributed by atoms with Gasteiger partial charge in [-0.15, -0.1) is 0 Å². The van der Waals surface area contributed by atoms with Crippen molar-refractivity contribution in [3.63, 3.8) is 0 Å². The van der Waals surface area contributed by atoms with Gasteiger partial charge in [-0.1, -0.05) is 37.3 Å². The zero-order valence-corrected chi connectivity index (χ0v) is 17.9. The summed E-state index contributed by atoms with van der Waals surface area (Å²) >= 11 is 0. The molecule has 0 bridgehead atoms. The predicted octanol–water partition coefficient (Wildman–Crippen LogP) is 3.42. The molecular weight excluding hydrogens is 376 g/mol. The minimum absolute atomic E-state index is 0.110. The number of hydrogen-bond acceptors (Lipinski definition) is 4. The zero-order valence-electron chi connectivity index (χ0n) is 17.9. The molecule has 6 nitrogen and oxygen atoms in total. The van der Waals surface area contributed by atoms with Crippen LogP contribution in [-0.2, 0) is 22.4 Å². The van der Waals surface area contributed by atoms with Crippen molar-refractivity contribution in [2.24, 2.45) is 0 Å². The second-order valence-electron chi connectivity index (χ2n) is 8.31. The van der Waals surface area contributed by atoms with Gasteiger partial charge in [-0.2, -0.15) is 0 Å². The molecule has 4 rings (SSSR count). The molecule has 0 radical (unpaired) electrons. The van der Waals surface area contributed by atoms with E-state index >= 15 is 0 Å². The maximum atomic E-state index is 12.7. The smallest absolute Gasteiger partial charge is 0.232 e. The zero-order chi connectivity index (χ0) is 21.1. The standard InChI is InChI=1S/C24H30N4O2/c1-3-21(29)27-13-8-12-19(16-27)23-25-17(2)20-15-22(30)28(24(20)26-23)14-7-11-18-9-5-4-6-10-18/h4-6,9-10,19H,3,7-8,11-16H2,1-2H3. The number of aryl methyl sites for hydroxylation is 2. The van der Waals surface area contributed by atoms with Gasteiger partial charge in [0.15, 0.2) is 0 Å². The van der Waals surface area contributed by atoms with Crippen molar-refractivity contribution < 1.29 is 9.59 Å². The number of piperidine rings is 1. The highest BCUT2D eigenvalue weighted by molar-refractivity contribution is 6.00. The Hall–Kier alpha value is -2.76. The van der Waals surface area contributed by atoms with Gasteiger partial charge < -0.3 is 4.90 Å². The quantitative estimate of drug-likeness (QED) is 0.737. The van der Waals surface area contributed by atoms with Crippen LogP contribution in [0.3, 0.4) is 0 Å². The molecule has 0 saturated carbocycles. The second-order valence-corrected chi connectivity index (χ2v) is 8.31. The van der Waals surface area contributed by atoms with Crippen molar-refractivity contribution in [2.45, 2.75) is 58.3 Å². The molecule has 2 amide bonds. The van der Waals surface area contributed by atoms with Gasteiger partial charge in [0.1, 0.15) is 11.6 Å². The molecule has 1 aromatic heterocycles. The fourth-order valence-corrected chi connectivity index (χ4v) is 4.53. The third-order valence-corrected chi connectivity index (χ3v) is 6.23. The van der Waals surface area contributed by atoms with Crippen LogP contribution >= 0.6 is 0 Å². The second kappa shape index (κ2) is 8.94. The lowest BCUT2D eigenvalue weighted by Crippen LogP contribution is -2.39. The molecule has 2 aliphatic heterocycles. The number of carbonyl (C=O) groups excluding carboxylic acids is 2. The normalized spacial score (nSPS) is 18.6. The Balaban J connectivity index is 1.50. The maximum Gasteiger partial charge on any atom is 0.232 e. The van der Waals surface area contributed by atoms with Crippen LogP contribution in [0.1, 0.15) is 61.2 Å². The number of likely N-dealkylation sites (tertiary alicyclic amines) is 1. The van der Waals surface area contributed by atoms with E-state index in [1.165, 1.54) is 5.56 Å². The molecule has 1 aromatic carbocycles. The Bertz CT molecular complexity index is 928. The highest BCUT2D eigenvalue weighted by Gasteiger charge is 2.33. The largest absolute Gasteiger partial charge is 0.342 e. The molecule has 2 aromatic rings. The van der Waals surface area contributed by atoms with Crippen molar-refractivity contribution in [1.29, 1.82) is 0 Å². The summed E-state index contributed by atoms with van der Waals surface area (Å²) in [6.07, 6.45) is 4.70. The summed E-state index contributed by atoms with van der Waals surface area (Å²) in [6, 6.07) is 10.4. The molecule has 1 atom stereocenters. The van der Waals surface area contributed by atoms with E-state index in [0.29, 0.717) is 25.9 Å². The fraction of sp³-hybridized carbons (Fsp3) is 0.500. The molecule has 30 heavy (non-hydrogen) atoms. The van der Waals surface area contributed by atoms with Gasteiger partial charge in [0.25, 0.3) is 0 Å². The van der Waals surface area contributed by atoms with Crippen LogP contribution in [-0.4, -0.2) is 46.3 Å². The molecular formula is C24H30N4O2. The lowest BCUT2D eigenvalue weighted by Gasteiger charge is -2.32. The number of anilines is 1. The van der Waals surface area contributed by atoms with E-state index in [9.17, 15) is 9.59 Å². The number of hydrogen-bond donors (Lipinski definition) is 0. The number of nitrogens with zero attached hydrogens (tertiary/aromatic N) is 4. The first-order chi connectivity index (χ1) is 14.6. The topological polar surface area (TPSA) is 66.4 Å². The van der Waals surface area contributed by atoms with Gasteiger partial charge in [0, 0.05) is 43.2 Å².